The van der Waals surface area contributed by atoms with Gasteiger partial charge in [0, 0.05) is 0 Å². The van der Waals surface area contributed by atoms with E-state index in [0.717, 1.165) is 16.6 Å². The number of ether oxygens (including phenoxy) is 1. The van der Waals surface area contributed by atoms with Crippen molar-refractivity contribution in [2.75, 3.05) is 6.61 Å². The minimum absolute atomic E-state index is 0.322. The Labute approximate surface area is 105 Å². The molecule has 2 nitrogen and oxygen atoms in total. The van der Waals surface area contributed by atoms with E-state index in [0.29, 0.717) is 6.61 Å². The predicted octanol–water partition coefficient (Wildman–Crippen LogP) is 4.08. The SMILES string of the molecule is Cc1ccc(OCCC(C)(C)C#N)c(Br)c1. The number of hydrogen-bond acceptors (Lipinski definition) is 2. The molecule has 3 heteroatoms. The summed E-state index contributed by atoms with van der Waals surface area (Å²) in [6.07, 6.45) is 0.726. The van der Waals surface area contributed by atoms with Gasteiger partial charge in [-0.25, -0.2) is 0 Å². The molecule has 1 aromatic carbocycles. The van der Waals surface area contributed by atoms with Gasteiger partial charge in [0.1, 0.15) is 5.75 Å². The van der Waals surface area contributed by atoms with Crippen LogP contribution >= 0.6 is 15.9 Å². The van der Waals surface area contributed by atoms with Gasteiger partial charge in [-0.2, -0.15) is 5.26 Å². The molecule has 0 radical (unpaired) electrons. The molecule has 0 amide bonds. The summed E-state index contributed by atoms with van der Waals surface area (Å²) < 4.78 is 6.59. The van der Waals surface area contributed by atoms with E-state index in [9.17, 15) is 0 Å². The molecular formula is C13H16BrNO. The number of hydrogen-bond donors (Lipinski definition) is 0. The Bertz CT molecular complexity index is 407. The zero-order chi connectivity index (χ0) is 12.2. The minimum Gasteiger partial charge on any atom is -0.492 e. The summed E-state index contributed by atoms with van der Waals surface area (Å²) in [4.78, 5) is 0. The number of nitriles is 1. The highest BCUT2D eigenvalue weighted by Gasteiger charge is 2.16. The van der Waals surface area contributed by atoms with Crippen molar-refractivity contribution in [3.8, 4) is 11.8 Å². The van der Waals surface area contributed by atoms with E-state index in [1.54, 1.807) is 0 Å². The average Bonchev–Trinajstić information content (AvgIpc) is 2.21. The van der Waals surface area contributed by atoms with E-state index in [1.807, 2.05) is 39.0 Å². The zero-order valence-electron chi connectivity index (χ0n) is 9.88. The molecule has 0 unspecified atom stereocenters. The molecule has 0 bridgehead atoms. The Kier molecular flexibility index (Phi) is 4.37. The summed E-state index contributed by atoms with van der Waals surface area (Å²) >= 11 is 3.45. The number of nitrogens with zero attached hydrogens (tertiary/aromatic N) is 1. The van der Waals surface area contributed by atoms with E-state index < -0.39 is 0 Å². The smallest absolute Gasteiger partial charge is 0.133 e. The molecule has 16 heavy (non-hydrogen) atoms. The minimum atomic E-state index is -0.322. The van der Waals surface area contributed by atoms with E-state index >= 15 is 0 Å². The van der Waals surface area contributed by atoms with Crippen LogP contribution in [-0.2, 0) is 0 Å². The van der Waals surface area contributed by atoms with E-state index in [2.05, 4.69) is 22.0 Å². The first kappa shape index (κ1) is 13.1. The summed E-state index contributed by atoms with van der Waals surface area (Å²) in [5.74, 6) is 0.833. The first-order valence-electron chi connectivity index (χ1n) is 5.25. The maximum Gasteiger partial charge on any atom is 0.133 e. The first-order valence-corrected chi connectivity index (χ1v) is 6.04. The van der Waals surface area contributed by atoms with Crippen LogP contribution in [0.2, 0.25) is 0 Å². The van der Waals surface area contributed by atoms with Crippen LogP contribution < -0.4 is 4.74 Å². The van der Waals surface area contributed by atoms with Crippen molar-refractivity contribution >= 4 is 15.9 Å². The van der Waals surface area contributed by atoms with Gasteiger partial charge in [-0.05, 0) is 60.8 Å². The maximum absolute atomic E-state index is 8.87. The van der Waals surface area contributed by atoms with Crippen LogP contribution in [0.4, 0.5) is 0 Å². The lowest BCUT2D eigenvalue weighted by Gasteiger charge is -2.15. The summed E-state index contributed by atoms with van der Waals surface area (Å²) in [6.45, 7) is 6.43. The lowest BCUT2D eigenvalue weighted by Crippen LogP contribution is -2.13. The van der Waals surface area contributed by atoms with E-state index in [4.69, 9.17) is 10.00 Å². The molecule has 1 aromatic rings. The normalized spacial score (nSPS) is 10.9. The van der Waals surface area contributed by atoms with Crippen LogP contribution in [0.5, 0.6) is 5.75 Å². The van der Waals surface area contributed by atoms with Gasteiger partial charge in [0.25, 0.3) is 0 Å². The van der Waals surface area contributed by atoms with Gasteiger partial charge >= 0.3 is 0 Å². The zero-order valence-corrected chi connectivity index (χ0v) is 11.5. The summed E-state index contributed by atoms with van der Waals surface area (Å²) in [7, 11) is 0. The Morgan fingerprint density at radius 2 is 2.12 bits per heavy atom. The van der Waals surface area contributed by atoms with Crippen molar-refractivity contribution in [3.05, 3.63) is 28.2 Å². The third kappa shape index (κ3) is 3.86. The molecule has 0 saturated carbocycles. The molecule has 0 aliphatic carbocycles. The molecule has 0 fully saturated rings. The van der Waals surface area contributed by atoms with Crippen molar-refractivity contribution in [2.45, 2.75) is 27.2 Å². The molecule has 0 aliphatic rings. The van der Waals surface area contributed by atoms with E-state index in [-0.39, 0.29) is 5.41 Å². The fraction of sp³-hybridized carbons (Fsp3) is 0.462. The highest BCUT2D eigenvalue weighted by molar-refractivity contribution is 9.10. The highest BCUT2D eigenvalue weighted by Crippen LogP contribution is 2.27. The molecule has 0 atom stereocenters. The Hall–Kier alpha value is -1.01. The molecule has 1 rings (SSSR count). The van der Waals surface area contributed by atoms with Gasteiger partial charge in [0.05, 0.1) is 22.6 Å². The van der Waals surface area contributed by atoms with Gasteiger partial charge in [-0.1, -0.05) is 6.07 Å². The fourth-order valence-corrected chi connectivity index (χ4v) is 1.80. The van der Waals surface area contributed by atoms with Gasteiger partial charge in [0.2, 0.25) is 0 Å². The summed E-state index contributed by atoms with van der Waals surface area (Å²) in [5.41, 5.74) is 0.869. The topological polar surface area (TPSA) is 33.0 Å². The van der Waals surface area contributed by atoms with Crippen molar-refractivity contribution in [2.24, 2.45) is 5.41 Å². The lowest BCUT2D eigenvalue weighted by atomic mass is 9.92. The second-order valence-corrected chi connectivity index (χ2v) is 5.38. The quantitative estimate of drug-likeness (QED) is 0.833. The van der Waals surface area contributed by atoms with Crippen LogP contribution in [0, 0.1) is 23.7 Å². The van der Waals surface area contributed by atoms with Gasteiger partial charge in [-0.3, -0.25) is 0 Å². The van der Waals surface area contributed by atoms with Crippen LogP contribution in [0.1, 0.15) is 25.8 Å². The van der Waals surface area contributed by atoms with Crippen molar-refractivity contribution in [1.29, 1.82) is 5.26 Å². The average molecular weight is 282 g/mol. The van der Waals surface area contributed by atoms with Crippen LogP contribution in [-0.4, -0.2) is 6.61 Å². The number of aryl methyl sites for hydroxylation is 1. The Morgan fingerprint density at radius 1 is 1.44 bits per heavy atom. The molecular weight excluding hydrogens is 266 g/mol. The molecule has 0 saturated heterocycles. The lowest BCUT2D eigenvalue weighted by molar-refractivity contribution is 0.263. The van der Waals surface area contributed by atoms with Crippen molar-refractivity contribution in [3.63, 3.8) is 0 Å². The third-order valence-electron chi connectivity index (χ3n) is 2.37. The Morgan fingerprint density at radius 3 is 2.69 bits per heavy atom. The monoisotopic (exact) mass is 281 g/mol. The van der Waals surface area contributed by atoms with Gasteiger partial charge < -0.3 is 4.74 Å². The number of rotatable bonds is 4. The molecule has 0 N–H and O–H groups in total. The molecule has 86 valence electrons. The summed E-state index contributed by atoms with van der Waals surface area (Å²) in [5, 5.41) is 8.87. The van der Waals surface area contributed by atoms with Gasteiger partial charge in [0.15, 0.2) is 0 Å². The molecule has 0 spiro atoms. The first-order chi connectivity index (χ1) is 7.44. The van der Waals surface area contributed by atoms with E-state index in [1.165, 1.54) is 5.56 Å². The number of benzene rings is 1. The molecule has 0 aromatic heterocycles. The standard InChI is InChI=1S/C13H16BrNO/c1-10-4-5-12(11(14)8-10)16-7-6-13(2,3)9-15/h4-5,8H,6-7H2,1-3H3. The fourth-order valence-electron chi connectivity index (χ4n) is 1.19. The maximum atomic E-state index is 8.87. The van der Waals surface area contributed by atoms with Crippen LogP contribution in [0.15, 0.2) is 22.7 Å². The molecule has 0 aliphatic heterocycles. The van der Waals surface area contributed by atoms with Crippen molar-refractivity contribution in [1.82, 2.24) is 0 Å². The molecule has 0 heterocycles. The summed E-state index contributed by atoms with van der Waals surface area (Å²) in [6, 6.07) is 8.23. The van der Waals surface area contributed by atoms with Crippen LogP contribution in [0.3, 0.4) is 0 Å². The second-order valence-electron chi connectivity index (χ2n) is 4.53. The second kappa shape index (κ2) is 5.36. The predicted molar refractivity (Wildman–Crippen MR) is 68.4 cm³/mol. The number of halogens is 1. The van der Waals surface area contributed by atoms with Crippen LogP contribution in [0.25, 0.3) is 0 Å². The van der Waals surface area contributed by atoms with Crippen molar-refractivity contribution < 1.29 is 4.74 Å². The highest BCUT2D eigenvalue weighted by atomic mass is 79.9. The largest absolute Gasteiger partial charge is 0.492 e. The Balaban J connectivity index is 2.53. The van der Waals surface area contributed by atoms with Gasteiger partial charge in [-0.15, -0.1) is 0 Å². The third-order valence-corrected chi connectivity index (χ3v) is 2.99.